The van der Waals surface area contributed by atoms with Crippen LogP contribution in [-0.4, -0.2) is 30.0 Å². The first-order valence-electron chi connectivity index (χ1n) is 5.69. The van der Waals surface area contributed by atoms with Gasteiger partial charge < -0.3 is 10.1 Å². The maximum Gasteiger partial charge on any atom is 0.305 e. The van der Waals surface area contributed by atoms with Crippen LogP contribution in [0.25, 0.3) is 0 Å². The Labute approximate surface area is 114 Å². The lowest BCUT2D eigenvalue weighted by molar-refractivity contribution is -0.143. The summed E-state index contributed by atoms with van der Waals surface area (Å²) in [5.74, 6) is -0.486. The summed E-state index contributed by atoms with van der Waals surface area (Å²) in [5.41, 5.74) is 0.356. The van der Waals surface area contributed by atoms with Crippen molar-refractivity contribution in [2.45, 2.75) is 19.8 Å². The first-order chi connectivity index (χ1) is 8.63. The van der Waals surface area contributed by atoms with Crippen LogP contribution in [0.15, 0.2) is 22.8 Å². The highest BCUT2D eigenvalue weighted by atomic mass is 79.9. The van der Waals surface area contributed by atoms with Crippen molar-refractivity contribution in [1.29, 1.82) is 0 Å². The topological polar surface area (TPSA) is 68.3 Å². The number of amides is 1. The Morgan fingerprint density at radius 2 is 2.22 bits per heavy atom. The van der Waals surface area contributed by atoms with E-state index < -0.39 is 0 Å². The van der Waals surface area contributed by atoms with Gasteiger partial charge in [0.15, 0.2) is 0 Å². The largest absolute Gasteiger partial charge is 0.466 e. The van der Waals surface area contributed by atoms with Crippen LogP contribution in [0.3, 0.4) is 0 Å². The molecule has 1 N–H and O–H groups in total. The molecule has 1 heterocycles. The number of esters is 1. The van der Waals surface area contributed by atoms with Crippen molar-refractivity contribution in [2.75, 3.05) is 13.2 Å². The van der Waals surface area contributed by atoms with E-state index in [1.165, 1.54) is 0 Å². The van der Waals surface area contributed by atoms with E-state index in [9.17, 15) is 9.59 Å². The molecule has 5 nitrogen and oxygen atoms in total. The Morgan fingerprint density at radius 1 is 1.44 bits per heavy atom. The lowest BCUT2D eigenvalue weighted by atomic mass is 10.3. The minimum atomic E-state index is -0.244. The van der Waals surface area contributed by atoms with E-state index in [1.807, 2.05) is 0 Å². The highest BCUT2D eigenvalue weighted by Gasteiger charge is 2.06. The number of carbonyl (C=O) groups excluding carboxylic acids is 2. The summed E-state index contributed by atoms with van der Waals surface area (Å²) < 4.78 is 5.60. The maximum absolute atomic E-state index is 11.6. The standard InChI is InChI=1S/C12H15BrN2O3/c1-2-18-11(16)4-3-7-14-12(17)10-6-5-9(13)8-15-10/h5-6,8H,2-4,7H2,1H3,(H,14,17). The third kappa shape index (κ3) is 5.27. The molecule has 0 spiro atoms. The highest BCUT2D eigenvalue weighted by molar-refractivity contribution is 9.10. The molecule has 1 aromatic rings. The summed E-state index contributed by atoms with van der Waals surface area (Å²) in [5, 5.41) is 2.69. The van der Waals surface area contributed by atoms with Gasteiger partial charge in [-0.05, 0) is 41.4 Å². The Kier molecular flexibility index (Phi) is 6.35. The second-order valence-electron chi connectivity index (χ2n) is 3.53. The van der Waals surface area contributed by atoms with Gasteiger partial charge in [0.05, 0.1) is 6.61 Å². The Hall–Kier alpha value is -1.43. The fourth-order valence-corrected chi connectivity index (χ4v) is 1.50. The fraction of sp³-hybridized carbons (Fsp3) is 0.417. The van der Waals surface area contributed by atoms with Gasteiger partial charge in [-0.3, -0.25) is 9.59 Å². The molecule has 0 unspecified atom stereocenters. The molecule has 0 radical (unpaired) electrons. The third-order valence-electron chi connectivity index (χ3n) is 2.11. The van der Waals surface area contributed by atoms with Gasteiger partial charge in [0.1, 0.15) is 5.69 Å². The number of nitrogens with zero attached hydrogens (tertiary/aromatic N) is 1. The lowest BCUT2D eigenvalue weighted by Crippen LogP contribution is -2.25. The summed E-state index contributed by atoms with van der Waals surface area (Å²) in [4.78, 5) is 26.6. The molecule has 0 aliphatic carbocycles. The monoisotopic (exact) mass is 314 g/mol. The normalized spacial score (nSPS) is 9.89. The first-order valence-corrected chi connectivity index (χ1v) is 6.48. The van der Waals surface area contributed by atoms with E-state index >= 15 is 0 Å². The van der Waals surface area contributed by atoms with Crippen LogP contribution >= 0.6 is 15.9 Å². The minimum Gasteiger partial charge on any atom is -0.466 e. The summed E-state index contributed by atoms with van der Waals surface area (Å²) in [6.07, 6.45) is 2.43. The maximum atomic E-state index is 11.6. The summed E-state index contributed by atoms with van der Waals surface area (Å²) in [6.45, 7) is 2.57. The van der Waals surface area contributed by atoms with Gasteiger partial charge >= 0.3 is 5.97 Å². The zero-order valence-corrected chi connectivity index (χ0v) is 11.7. The average molecular weight is 315 g/mol. The molecule has 0 saturated heterocycles. The van der Waals surface area contributed by atoms with Crippen LogP contribution < -0.4 is 5.32 Å². The van der Waals surface area contributed by atoms with Crippen LogP contribution in [0, 0.1) is 0 Å². The van der Waals surface area contributed by atoms with Crippen molar-refractivity contribution in [2.24, 2.45) is 0 Å². The molecule has 0 aliphatic heterocycles. The number of rotatable bonds is 6. The highest BCUT2D eigenvalue weighted by Crippen LogP contribution is 2.07. The van der Waals surface area contributed by atoms with E-state index in [-0.39, 0.29) is 11.9 Å². The Bertz CT molecular complexity index is 406. The van der Waals surface area contributed by atoms with Crippen molar-refractivity contribution in [1.82, 2.24) is 10.3 Å². The average Bonchev–Trinajstić information content (AvgIpc) is 2.35. The second kappa shape index (κ2) is 7.81. The molecule has 6 heteroatoms. The number of aromatic nitrogens is 1. The Balaban J connectivity index is 2.25. The number of ether oxygens (including phenoxy) is 1. The molecule has 0 bridgehead atoms. The predicted molar refractivity (Wildman–Crippen MR) is 70.1 cm³/mol. The zero-order valence-electron chi connectivity index (χ0n) is 10.1. The molecule has 98 valence electrons. The lowest BCUT2D eigenvalue weighted by Gasteiger charge is -2.04. The van der Waals surface area contributed by atoms with Gasteiger partial charge in [0.25, 0.3) is 5.91 Å². The molecule has 1 rings (SSSR count). The van der Waals surface area contributed by atoms with E-state index in [1.54, 1.807) is 25.3 Å². The summed E-state index contributed by atoms with van der Waals surface area (Å²) in [6, 6.07) is 3.38. The van der Waals surface area contributed by atoms with Crippen LogP contribution in [0.5, 0.6) is 0 Å². The van der Waals surface area contributed by atoms with Crippen LogP contribution in [0.1, 0.15) is 30.3 Å². The van der Waals surface area contributed by atoms with Crippen LogP contribution in [0.4, 0.5) is 0 Å². The molecule has 18 heavy (non-hydrogen) atoms. The number of pyridine rings is 1. The van der Waals surface area contributed by atoms with Crippen molar-refractivity contribution in [3.63, 3.8) is 0 Å². The van der Waals surface area contributed by atoms with Gasteiger partial charge in [-0.25, -0.2) is 4.98 Å². The number of hydrogen-bond acceptors (Lipinski definition) is 4. The first kappa shape index (κ1) is 14.6. The molecule has 0 saturated carbocycles. The summed E-state index contributed by atoms with van der Waals surface area (Å²) >= 11 is 3.24. The molecule has 0 aromatic carbocycles. The molecule has 1 aromatic heterocycles. The van der Waals surface area contributed by atoms with Gasteiger partial charge in [0.2, 0.25) is 0 Å². The second-order valence-corrected chi connectivity index (χ2v) is 4.44. The molecule has 0 aliphatic rings. The molecule has 0 atom stereocenters. The number of hydrogen-bond donors (Lipinski definition) is 1. The number of halogens is 1. The van der Waals surface area contributed by atoms with E-state index in [0.29, 0.717) is 31.7 Å². The van der Waals surface area contributed by atoms with Crippen molar-refractivity contribution < 1.29 is 14.3 Å². The van der Waals surface area contributed by atoms with Gasteiger partial charge in [0, 0.05) is 23.6 Å². The van der Waals surface area contributed by atoms with Crippen LogP contribution in [0.2, 0.25) is 0 Å². The van der Waals surface area contributed by atoms with E-state index in [4.69, 9.17) is 4.74 Å². The molecule has 0 fully saturated rings. The Morgan fingerprint density at radius 3 is 2.83 bits per heavy atom. The summed E-state index contributed by atoms with van der Waals surface area (Å²) in [7, 11) is 0. The number of nitrogens with one attached hydrogen (secondary N) is 1. The zero-order chi connectivity index (χ0) is 13.4. The molecular weight excluding hydrogens is 300 g/mol. The van der Waals surface area contributed by atoms with E-state index in [2.05, 4.69) is 26.2 Å². The fourth-order valence-electron chi connectivity index (χ4n) is 1.27. The third-order valence-corrected chi connectivity index (χ3v) is 2.58. The smallest absolute Gasteiger partial charge is 0.305 e. The number of carbonyl (C=O) groups is 2. The SMILES string of the molecule is CCOC(=O)CCCNC(=O)c1ccc(Br)cn1. The van der Waals surface area contributed by atoms with Gasteiger partial charge in [-0.15, -0.1) is 0 Å². The van der Waals surface area contributed by atoms with Crippen LogP contribution in [-0.2, 0) is 9.53 Å². The predicted octanol–water partition coefficient (Wildman–Crippen LogP) is 1.92. The minimum absolute atomic E-state index is 0.242. The van der Waals surface area contributed by atoms with Crippen molar-refractivity contribution >= 4 is 27.8 Å². The van der Waals surface area contributed by atoms with Gasteiger partial charge in [-0.2, -0.15) is 0 Å². The van der Waals surface area contributed by atoms with E-state index in [0.717, 1.165) is 4.47 Å². The molecule has 1 amide bonds. The molecular formula is C12H15BrN2O3. The van der Waals surface area contributed by atoms with Crippen molar-refractivity contribution in [3.8, 4) is 0 Å². The quantitative estimate of drug-likeness (QED) is 0.643. The van der Waals surface area contributed by atoms with Crippen molar-refractivity contribution in [3.05, 3.63) is 28.5 Å². The van der Waals surface area contributed by atoms with Gasteiger partial charge in [-0.1, -0.05) is 0 Å².